The molecule has 0 radical (unpaired) electrons. The highest BCUT2D eigenvalue weighted by molar-refractivity contribution is 4.94. The summed E-state index contributed by atoms with van der Waals surface area (Å²) < 4.78 is 13.4. The molecule has 23 heavy (non-hydrogen) atoms. The zero-order valence-electron chi connectivity index (χ0n) is 14.4. The van der Waals surface area contributed by atoms with Gasteiger partial charge in [-0.25, -0.2) is 9.67 Å². The minimum atomic E-state index is -0.203. The maximum Gasteiger partial charge on any atom is 0.246 e. The summed E-state index contributed by atoms with van der Waals surface area (Å²) in [6.07, 6.45) is 1.50. The van der Waals surface area contributed by atoms with Crippen molar-refractivity contribution >= 4 is 0 Å². The van der Waals surface area contributed by atoms with Crippen LogP contribution in [0.15, 0.2) is 10.7 Å². The van der Waals surface area contributed by atoms with Crippen molar-refractivity contribution in [2.75, 3.05) is 13.1 Å². The van der Waals surface area contributed by atoms with Gasteiger partial charge in [0.1, 0.15) is 18.3 Å². The summed E-state index contributed by atoms with van der Waals surface area (Å²) >= 11 is 0. The molecule has 8 heteroatoms. The van der Waals surface area contributed by atoms with E-state index in [4.69, 9.17) is 9.15 Å². The van der Waals surface area contributed by atoms with Gasteiger partial charge >= 0.3 is 0 Å². The van der Waals surface area contributed by atoms with E-state index in [-0.39, 0.29) is 17.7 Å². The monoisotopic (exact) mass is 320 g/mol. The van der Waals surface area contributed by atoms with Crippen LogP contribution in [0.2, 0.25) is 0 Å². The number of rotatable bonds is 3. The molecule has 8 nitrogen and oxygen atoms in total. The molecular formula is C15H24N6O2. The number of ether oxygens (including phenoxy) is 1. The fourth-order valence-corrected chi connectivity index (χ4v) is 2.88. The number of hydrogen-bond acceptors (Lipinski definition) is 7. The van der Waals surface area contributed by atoms with Crippen molar-refractivity contribution in [2.24, 2.45) is 0 Å². The van der Waals surface area contributed by atoms with Crippen molar-refractivity contribution in [1.82, 2.24) is 29.9 Å². The minimum absolute atomic E-state index is 0.0898. The number of aryl methyl sites for hydroxylation is 1. The maximum absolute atomic E-state index is 5.95. The fourth-order valence-electron chi connectivity index (χ4n) is 2.88. The second-order valence-corrected chi connectivity index (χ2v) is 7.05. The van der Waals surface area contributed by atoms with Gasteiger partial charge in [0.2, 0.25) is 11.8 Å². The molecule has 0 N–H and O–H groups in total. The van der Waals surface area contributed by atoms with Crippen LogP contribution in [0.5, 0.6) is 0 Å². The Morgan fingerprint density at radius 3 is 2.70 bits per heavy atom. The zero-order chi connectivity index (χ0) is 16.6. The number of nitrogens with zero attached hydrogens (tertiary/aromatic N) is 6. The lowest BCUT2D eigenvalue weighted by Gasteiger charge is -2.35. The molecule has 0 saturated carbocycles. The van der Waals surface area contributed by atoms with E-state index in [1.807, 2.05) is 4.68 Å². The second kappa shape index (κ2) is 6.01. The van der Waals surface area contributed by atoms with Gasteiger partial charge in [0.15, 0.2) is 0 Å². The summed E-state index contributed by atoms with van der Waals surface area (Å²) in [5.41, 5.74) is -0.0905. The molecule has 3 rings (SSSR count). The predicted molar refractivity (Wildman–Crippen MR) is 82.6 cm³/mol. The molecule has 3 heterocycles. The second-order valence-electron chi connectivity index (χ2n) is 7.05. The molecule has 1 fully saturated rings. The molecule has 0 spiro atoms. The van der Waals surface area contributed by atoms with Crippen LogP contribution in [0.3, 0.4) is 0 Å². The summed E-state index contributed by atoms with van der Waals surface area (Å²) in [6.45, 7) is 12.5. The molecule has 0 amide bonds. The van der Waals surface area contributed by atoms with Crippen LogP contribution in [0, 0.1) is 6.92 Å². The molecular weight excluding hydrogens is 296 g/mol. The van der Waals surface area contributed by atoms with Crippen molar-refractivity contribution in [1.29, 1.82) is 0 Å². The molecule has 0 bridgehead atoms. The third-order valence-corrected chi connectivity index (χ3v) is 3.77. The van der Waals surface area contributed by atoms with E-state index >= 15 is 0 Å². The summed E-state index contributed by atoms with van der Waals surface area (Å²) in [4.78, 5) is 6.72. The highest BCUT2D eigenvalue weighted by Crippen LogP contribution is 2.25. The lowest BCUT2D eigenvalue weighted by atomic mass is 10.1. The first-order valence-electron chi connectivity index (χ1n) is 7.90. The molecule has 126 valence electrons. The number of aromatic nitrogens is 5. The van der Waals surface area contributed by atoms with Gasteiger partial charge in [-0.3, -0.25) is 4.90 Å². The highest BCUT2D eigenvalue weighted by atomic mass is 16.5. The van der Waals surface area contributed by atoms with Crippen LogP contribution in [0.4, 0.5) is 0 Å². The molecule has 1 saturated heterocycles. The summed E-state index contributed by atoms with van der Waals surface area (Å²) in [7, 11) is 0. The Kier molecular flexibility index (Phi) is 4.20. The SMILES string of the molecule is Cc1nnc([C@H]2CN(Cc3ncnn3C(C)(C)C)C[C@@H](C)O2)o1. The maximum atomic E-state index is 5.95. The molecule has 0 aromatic carbocycles. The van der Waals surface area contributed by atoms with E-state index in [1.54, 1.807) is 13.3 Å². The van der Waals surface area contributed by atoms with Crippen molar-refractivity contribution in [3.8, 4) is 0 Å². The van der Waals surface area contributed by atoms with Crippen LogP contribution in [-0.4, -0.2) is 49.1 Å². The quantitative estimate of drug-likeness (QED) is 0.851. The Morgan fingerprint density at radius 1 is 1.26 bits per heavy atom. The number of hydrogen-bond donors (Lipinski definition) is 0. The molecule has 2 atom stereocenters. The lowest BCUT2D eigenvalue weighted by molar-refractivity contribution is -0.0926. The Hall–Kier alpha value is -1.80. The third-order valence-electron chi connectivity index (χ3n) is 3.77. The Balaban J connectivity index is 1.74. The van der Waals surface area contributed by atoms with Crippen LogP contribution >= 0.6 is 0 Å². The van der Waals surface area contributed by atoms with Gasteiger partial charge in [0.05, 0.1) is 18.2 Å². The molecule has 1 aliphatic rings. The average molecular weight is 320 g/mol. The van der Waals surface area contributed by atoms with Gasteiger partial charge in [0, 0.05) is 20.0 Å². The Labute approximate surface area is 135 Å². The average Bonchev–Trinajstić information content (AvgIpc) is 3.06. The smallest absolute Gasteiger partial charge is 0.246 e. The largest absolute Gasteiger partial charge is 0.423 e. The topological polar surface area (TPSA) is 82.1 Å². The van der Waals surface area contributed by atoms with Crippen LogP contribution in [-0.2, 0) is 16.8 Å². The van der Waals surface area contributed by atoms with E-state index < -0.39 is 0 Å². The van der Waals surface area contributed by atoms with Gasteiger partial charge in [-0.2, -0.15) is 5.10 Å². The van der Waals surface area contributed by atoms with Crippen LogP contribution in [0.1, 0.15) is 51.4 Å². The molecule has 1 aliphatic heterocycles. The van der Waals surface area contributed by atoms with E-state index in [0.717, 1.165) is 12.4 Å². The van der Waals surface area contributed by atoms with Gasteiger partial charge in [0.25, 0.3) is 0 Å². The summed E-state index contributed by atoms with van der Waals surface area (Å²) in [5.74, 6) is 2.05. The predicted octanol–water partition coefficient (Wildman–Crippen LogP) is 1.69. The molecule has 0 aliphatic carbocycles. The van der Waals surface area contributed by atoms with Crippen molar-refractivity contribution in [3.63, 3.8) is 0 Å². The first-order chi connectivity index (χ1) is 10.8. The van der Waals surface area contributed by atoms with Crippen LogP contribution in [0.25, 0.3) is 0 Å². The van der Waals surface area contributed by atoms with Gasteiger partial charge in [-0.05, 0) is 27.7 Å². The van der Waals surface area contributed by atoms with E-state index in [0.29, 0.717) is 24.9 Å². The molecule has 2 aromatic heterocycles. The molecule has 0 unspecified atom stereocenters. The minimum Gasteiger partial charge on any atom is -0.423 e. The fraction of sp³-hybridized carbons (Fsp3) is 0.733. The number of morpholine rings is 1. The lowest BCUT2D eigenvalue weighted by Crippen LogP contribution is -2.43. The molecule has 2 aromatic rings. The summed E-state index contributed by atoms with van der Waals surface area (Å²) in [5, 5.41) is 12.3. The standard InChI is InChI=1S/C15H24N6O2/c1-10-6-20(7-12(22-10)14-19-18-11(2)23-14)8-13-16-9-17-21(13)15(3,4)5/h9-10,12H,6-8H2,1-5H3/t10-,12-/m1/s1. The van der Waals surface area contributed by atoms with E-state index in [1.165, 1.54) is 0 Å². The van der Waals surface area contributed by atoms with Crippen molar-refractivity contribution < 1.29 is 9.15 Å². The third kappa shape index (κ3) is 3.59. The normalized spacial score (nSPS) is 23.3. The summed E-state index contributed by atoms with van der Waals surface area (Å²) in [6, 6.07) is 0. The Bertz CT molecular complexity index is 659. The van der Waals surface area contributed by atoms with E-state index in [2.05, 4.69) is 52.9 Å². The Morgan fingerprint density at radius 2 is 2.04 bits per heavy atom. The van der Waals surface area contributed by atoms with Gasteiger partial charge in [-0.1, -0.05) is 0 Å². The van der Waals surface area contributed by atoms with Crippen LogP contribution < -0.4 is 0 Å². The van der Waals surface area contributed by atoms with Crippen molar-refractivity contribution in [2.45, 2.75) is 58.9 Å². The highest BCUT2D eigenvalue weighted by Gasteiger charge is 2.31. The van der Waals surface area contributed by atoms with E-state index in [9.17, 15) is 0 Å². The van der Waals surface area contributed by atoms with Gasteiger partial charge in [-0.15, -0.1) is 10.2 Å². The van der Waals surface area contributed by atoms with Crippen molar-refractivity contribution in [3.05, 3.63) is 23.9 Å². The first kappa shape index (κ1) is 16.1. The first-order valence-corrected chi connectivity index (χ1v) is 7.90. The zero-order valence-corrected chi connectivity index (χ0v) is 14.4. The van der Waals surface area contributed by atoms with Gasteiger partial charge < -0.3 is 9.15 Å².